The van der Waals surface area contributed by atoms with E-state index in [2.05, 4.69) is 17.1 Å². The molecule has 2 heterocycles. The lowest BCUT2D eigenvalue weighted by atomic mass is 10.2. The summed E-state index contributed by atoms with van der Waals surface area (Å²) in [6, 6.07) is 5.05. The van der Waals surface area contributed by atoms with Gasteiger partial charge < -0.3 is 10.2 Å². The van der Waals surface area contributed by atoms with Gasteiger partial charge in [-0.1, -0.05) is 0 Å². The van der Waals surface area contributed by atoms with Gasteiger partial charge in [0.25, 0.3) is 0 Å². The van der Waals surface area contributed by atoms with Crippen LogP contribution in [0.25, 0.3) is 0 Å². The molecule has 2 aliphatic rings. The van der Waals surface area contributed by atoms with E-state index < -0.39 is 10.0 Å². The molecule has 0 unspecified atom stereocenters. The molecule has 1 aromatic rings. The Labute approximate surface area is 136 Å². The number of nitrogens with one attached hydrogen (secondary N) is 1. The summed E-state index contributed by atoms with van der Waals surface area (Å²) in [4.78, 5) is 16.6. The summed E-state index contributed by atoms with van der Waals surface area (Å²) in [5, 5.41) is 8.47. The normalized spacial score (nSPS) is 22.2. The van der Waals surface area contributed by atoms with Crippen molar-refractivity contribution in [3.05, 3.63) is 23.8 Å². The fourth-order valence-corrected chi connectivity index (χ4v) is 3.76. The molecule has 0 aliphatic carbocycles. The summed E-state index contributed by atoms with van der Waals surface area (Å²) < 4.78 is 22.9. The second-order valence-corrected chi connectivity index (χ2v) is 7.72. The molecule has 1 atom stereocenters. The first kappa shape index (κ1) is 16.4. The number of sulfonamides is 1. The lowest BCUT2D eigenvalue weighted by molar-refractivity contribution is -0.120. The van der Waals surface area contributed by atoms with Crippen molar-refractivity contribution in [3.8, 4) is 0 Å². The average Bonchev–Trinajstić information content (AvgIpc) is 2.92. The molecule has 1 saturated heterocycles. The second kappa shape index (κ2) is 6.20. The van der Waals surface area contributed by atoms with E-state index in [1.54, 1.807) is 17.0 Å². The van der Waals surface area contributed by atoms with Gasteiger partial charge in [0.2, 0.25) is 15.9 Å². The summed E-state index contributed by atoms with van der Waals surface area (Å²) in [7, 11) is -3.71. The number of fused-ring (bicyclic) bond motifs is 1. The Morgan fingerprint density at radius 1 is 1.39 bits per heavy atom. The van der Waals surface area contributed by atoms with Gasteiger partial charge in [0.1, 0.15) is 0 Å². The molecular formula is C15H22N4O3S. The molecule has 126 valence electrons. The minimum Gasteiger partial charge on any atom is -0.314 e. The number of carbonyl (C=O) groups excluding carboxylic acids is 1. The van der Waals surface area contributed by atoms with Crippen LogP contribution >= 0.6 is 0 Å². The Morgan fingerprint density at radius 3 is 2.87 bits per heavy atom. The maximum Gasteiger partial charge on any atom is 0.241 e. The number of amides is 1. The van der Waals surface area contributed by atoms with E-state index in [1.165, 1.54) is 6.07 Å². The van der Waals surface area contributed by atoms with Crippen molar-refractivity contribution >= 4 is 21.6 Å². The first-order chi connectivity index (χ1) is 10.9. The fourth-order valence-electron chi connectivity index (χ4n) is 3.19. The van der Waals surface area contributed by atoms with Crippen molar-refractivity contribution in [1.82, 2.24) is 10.2 Å². The van der Waals surface area contributed by atoms with E-state index in [0.717, 1.165) is 30.9 Å². The highest BCUT2D eigenvalue weighted by atomic mass is 32.2. The highest BCUT2D eigenvalue weighted by molar-refractivity contribution is 7.89. The fraction of sp³-hybridized carbons (Fsp3) is 0.533. The molecule has 3 N–H and O–H groups in total. The molecule has 0 saturated carbocycles. The molecule has 1 fully saturated rings. The monoisotopic (exact) mass is 338 g/mol. The largest absolute Gasteiger partial charge is 0.314 e. The van der Waals surface area contributed by atoms with Crippen LogP contribution < -0.4 is 15.4 Å². The van der Waals surface area contributed by atoms with Gasteiger partial charge in [-0.2, -0.15) is 0 Å². The van der Waals surface area contributed by atoms with Crippen LogP contribution in [0.15, 0.2) is 23.1 Å². The Hall–Kier alpha value is -1.48. The van der Waals surface area contributed by atoms with Gasteiger partial charge in [0, 0.05) is 37.9 Å². The third-order valence-electron chi connectivity index (χ3n) is 4.55. The van der Waals surface area contributed by atoms with E-state index in [1.807, 2.05) is 0 Å². The third kappa shape index (κ3) is 3.40. The predicted octanol–water partition coefficient (Wildman–Crippen LogP) is -0.483. The summed E-state index contributed by atoms with van der Waals surface area (Å²) in [6.07, 6.45) is 0.654. The zero-order valence-corrected chi connectivity index (χ0v) is 14.0. The molecule has 0 radical (unpaired) electrons. The topological polar surface area (TPSA) is 95.7 Å². The van der Waals surface area contributed by atoms with E-state index in [-0.39, 0.29) is 10.8 Å². The number of rotatable bonds is 3. The van der Waals surface area contributed by atoms with Gasteiger partial charge in [-0.3, -0.25) is 9.69 Å². The number of primary sulfonamides is 1. The Balaban J connectivity index is 1.75. The first-order valence-corrected chi connectivity index (χ1v) is 9.32. The number of anilines is 1. The van der Waals surface area contributed by atoms with Gasteiger partial charge in [-0.25, -0.2) is 13.6 Å². The number of hydrogen-bond acceptors (Lipinski definition) is 5. The quantitative estimate of drug-likeness (QED) is 0.776. The number of carbonyl (C=O) groups is 1. The summed E-state index contributed by atoms with van der Waals surface area (Å²) >= 11 is 0. The summed E-state index contributed by atoms with van der Waals surface area (Å²) in [5.74, 6) is 0.0563. The molecular weight excluding hydrogens is 316 g/mol. The molecule has 3 rings (SSSR count). The van der Waals surface area contributed by atoms with E-state index >= 15 is 0 Å². The average molecular weight is 338 g/mol. The second-order valence-electron chi connectivity index (χ2n) is 6.15. The van der Waals surface area contributed by atoms with Crippen molar-refractivity contribution in [2.45, 2.75) is 24.3 Å². The van der Waals surface area contributed by atoms with Crippen molar-refractivity contribution in [2.75, 3.05) is 37.6 Å². The van der Waals surface area contributed by atoms with Crippen molar-refractivity contribution in [2.24, 2.45) is 5.14 Å². The van der Waals surface area contributed by atoms with Gasteiger partial charge in [-0.05, 0) is 37.1 Å². The van der Waals surface area contributed by atoms with Gasteiger partial charge in [-0.15, -0.1) is 0 Å². The maximum atomic E-state index is 12.6. The van der Waals surface area contributed by atoms with Crippen LogP contribution in [0.5, 0.6) is 0 Å². The molecule has 1 aromatic carbocycles. The van der Waals surface area contributed by atoms with Crippen molar-refractivity contribution in [1.29, 1.82) is 0 Å². The molecule has 0 bridgehead atoms. The smallest absolute Gasteiger partial charge is 0.241 e. The number of hydrogen-bond donors (Lipinski definition) is 2. The van der Waals surface area contributed by atoms with Crippen molar-refractivity contribution < 1.29 is 13.2 Å². The zero-order chi connectivity index (χ0) is 16.6. The predicted molar refractivity (Wildman–Crippen MR) is 87.8 cm³/mol. The van der Waals surface area contributed by atoms with Gasteiger partial charge in [0.15, 0.2) is 0 Å². The number of nitrogens with two attached hydrogens (primary N) is 1. The molecule has 7 nitrogen and oxygen atoms in total. The zero-order valence-electron chi connectivity index (χ0n) is 13.2. The number of benzene rings is 1. The van der Waals surface area contributed by atoms with E-state index in [4.69, 9.17) is 5.14 Å². The van der Waals surface area contributed by atoms with E-state index in [9.17, 15) is 13.2 Å². The lowest BCUT2D eigenvalue weighted by Gasteiger charge is -2.34. The van der Waals surface area contributed by atoms with Gasteiger partial charge >= 0.3 is 0 Å². The van der Waals surface area contributed by atoms with Crippen LogP contribution in [0.2, 0.25) is 0 Å². The molecule has 23 heavy (non-hydrogen) atoms. The van der Waals surface area contributed by atoms with Crippen molar-refractivity contribution in [3.63, 3.8) is 0 Å². The van der Waals surface area contributed by atoms with Crippen LogP contribution in [0.4, 0.5) is 5.69 Å². The molecule has 8 heteroatoms. The minimum absolute atomic E-state index is 0.0563. The Bertz CT molecular complexity index is 719. The van der Waals surface area contributed by atoms with Crippen LogP contribution in [-0.2, 0) is 21.2 Å². The highest BCUT2D eigenvalue weighted by Gasteiger charge is 2.28. The molecule has 1 amide bonds. The summed E-state index contributed by atoms with van der Waals surface area (Å²) in [6.45, 7) is 5.73. The third-order valence-corrected chi connectivity index (χ3v) is 5.46. The van der Waals surface area contributed by atoms with Crippen LogP contribution in [0.1, 0.15) is 12.5 Å². The van der Waals surface area contributed by atoms with Crippen LogP contribution in [0, 0.1) is 0 Å². The number of nitrogens with zero attached hydrogens (tertiary/aromatic N) is 2. The van der Waals surface area contributed by atoms with Gasteiger partial charge in [0.05, 0.1) is 11.4 Å². The minimum atomic E-state index is -3.71. The molecule has 0 spiro atoms. The Kier molecular flexibility index (Phi) is 4.41. The lowest BCUT2D eigenvalue weighted by Crippen LogP contribution is -2.53. The molecule has 2 aliphatic heterocycles. The standard InChI is InChI=1S/C15H22N4O3S/c1-11-9-17-5-7-18(11)10-15(20)19-6-4-12-8-13(23(16,21)22)2-3-14(12)19/h2-3,8,11,17H,4-7,9-10H2,1H3,(H2,16,21,22)/t11-/m1/s1. The van der Waals surface area contributed by atoms with Crippen LogP contribution in [-0.4, -0.2) is 58.0 Å². The highest BCUT2D eigenvalue weighted by Crippen LogP contribution is 2.30. The van der Waals surface area contributed by atoms with E-state index in [0.29, 0.717) is 25.6 Å². The Morgan fingerprint density at radius 2 is 2.17 bits per heavy atom. The number of piperazine rings is 1. The summed E-state index contributed by atoms with van der Waals surface area (Å²) in [5.41, 5.74) is 1.66. The maximum absolute atomic E-state index is 12.6. The van der Waals surface area contributed by atoms with Crippen LogP contribution in [0.3, 0.4) is 0 Å². The first-order valence-electron chi connectivity index (χ1n) is 7.77. The SMILES string of the molecule is C[C@@H]1CNCCN1CC(=O)N1CCc2cc(S(N)(=O)=O)ccc21. The molecule has 0 aromatic heterocycles.